The van der Waals surface area contributed by atoms with Crippen molar-refractivity contribution in [1.82, 2.24) is 10.3 Å². The lowest BCUT2D eigenvalue weighted by Crippen LogP contribution is -2.26. The van der Waals surface area contributed by atoms with Gasteiger partial charge in [0.1, 0.15) is 0 Å². The highest BCUT2D eigenvalue weighted by Crippen LogP contribution is 2.23. The fourth-order valence-electron chi connectivity index (χ4n) is 1.92. The van der Waals surface area contributed by atoms with Crippen molar-refractivity contribution in [3.8, 4) is 0 Å². The minimum Gasteiger partial charge on any atom is -0.345 e. The topological polar surface area (TPSA) is 76.1 Å². The van der Waals surface area contributed by atoms with Crippen LogP contribution in [0, 0.1) is 0 Å². The lowest BCUT2D eigenvalue weighted by molar-refractivity contribution is 0.0939. The van der Waals surface area contributed by atoms with Crippen LogP contribution in [0.5, 0.6) is 0 Å². The molecule has 0 aliphatic carbocycles. The minimum atomic E-state index is -3.49. The van der Waals surface area contributed by atoms with Gasteiger partial charge in [-0.15, -0.1) is 0 Å². The molecule has 0 saturated carbocycles. The third-order valence-corrected chi connectivity index (χ3v) is 4.70. The van der Waals surface area contributed by atoms with Crippen molar-refractivity contribution in [3.63, 3.8) is 0 Å². The lowest BCUT2D eigenvalue weighted by Gasteiger charge is -2.14. The monoisotopic (exact) mass is 338 g/mol. The molecule has 2 rings (SSSR count). The second-order valence-corrected chi connectivity index (χ2v) is 7.29. The summed E-state index contributed by atoms with van der Waals surface area (Å²) in [4.78, 5) is 16.2. The van der Waals surface area contributed by atoms with E-state index < -0.39 is 9.84 Å². The number of carbonyl (C=O) groups is 1. The van der Waals surface area contributed by atoms with Crippen LogP contribution in [0.15, 0.2) is 47.6 Å². The van der Waals surface area contributed by atoms with Gasteiger partial charge in [0, 0.05) is 24.2 Å². The van der Waals surface area contributed by atoms with Gasteiger partial charge in [0.25, 0.3) is 5.91 Å². The van der Waals surface area contributed by atoms with Gasteiger partial charge in [-0.05, 0) is 36.8 Å². The second-order valence-electron chi connectivity index (χ2n) is 4.90. The number of pyridine rings is 1. The van der Waals surface area contributed by atoms with Crippen LogP contribution in [0.4, 0.5) is 0 Å². The van der Waals surface area contributed by atoms with Crippen LogP contribution in [0.1, 0.15) is 28.9 Å². The number of benzene rings is 1. The van der Waals surface area contributed by atoms with E-state index in [1.165, 1.54) is 18.2 Å². The van der Waals surface area contributed by atoms with Crippen LogP contribution in [0.2, 0.25) is 5.02 Å². The van der Waals surface area contributed by atoms with Crippen LogP contribution in [0.25, 0.3) is 0 Å². The van der Waals surface area contributed by atoms with Crippen molar-refractivity contribution in [3.05, 3.63) is 58.9 Å². The Hall–Kier alpha value is -1.92. The molecule has 0 radical (unpaired) electrons. The van der Waals surface area contributed by atoms with Crippen molar-refractivity contribution in [2.45, 2.75) is 17.9 Å². The summed E-state index contributed by atoms with van der Waals surface area (Å²) < 4.78 is 23.3. The van der Waals surface area contributed by atoms with Gasteiger partial charge in [-0.2, -0.15) is 0 Å². The summed E-state index contributed by atoms with van der Waals surface area (Å²) in [6, 6.07) is 7.55. The van der Waals surface area contributed by atoms with Gasteiger partial charge in [0.05, 0.1) is 16.0 Å². The van der Waals surface area contributed by atoms with Gasteiger partial charge in [-0.25, -0.2) is 8.42 Å². The number of halogens is 1. The van der Waals surface area contributed by atoms with Gasteiger partial charge in [0.2, 0.25) is 0 Å². The zero-order valence-corrected chi connectivity index (χ0v) is 13.6. The Bertz CT molecular complexity index is 792. The maximum Gasteiger partial charge on any atom is 0.251 e. The molecule has 1 heterocycles. The molecule has 0 aliphatic rings. The summed E-state index contributed by atoms with van der Waals surface area (Å²) >= 11 is 5.87. The molecule has 116 valence electrons. The molecule has 0 spiro atoms. The smallest absolute Gasteiger partial charge is 0.251 e. The summed E-state index contributed by atoms with van der Waals surface area (Å²) in [7, 11) is -3.49. The highest BCUT2D eigenvalue weighted by molar-refractivity contribution is 7.90. The first-order chi connectivity index (χ1) is 10.3. The van der Waals surface area contributed by atoms with E-state index in [1.807, 2.05) is 13.0 Å². The summed E-state index contributed by atoms with van der Waals surface area (Å²) in [5, 5.41) is 2.89. The fraction of sp³-hybridized carbons (Fsp3) is 0.200. The molecule has 22 heavy (non-hydrogen) atoms. The quantitative estimate of drug-likeness (QED) is 0.929. The average molecular weight is 339 g/mol. The number of sulfone groups is 1. The Morgan fingerprint density at radius 1 is 1.32 bits per heavy atom. The first-order valence-corrected chi connectivity index (χ1v) is 8.76. The van der Waals surface area contributed by atoms with E-state index in [-0.39, 0.29) is 27.4 Å². The molecule has 0 saturated heterocycles. The van der Waals surface area contributed by atoms with Crippen molar-refractivity contribution in [2.75, 3.05) is 6.26 Å². The number of rotatable bonds is 4. The third kappa shape index (κ3) is 3.84. The highest BCUT2D eigenvalue weighted by atomic mass is 35.5. The van der Waals surface area contributed by atoms with Crippen LogP contribution in [-0.4, -0.2) is 25.6 Å². The number of aromatic nitrogens is 1. The van der Waals surface area contributed by atoms with Crippen molar-refractivity contribution in [1.29, 1.82) is 0 Å². The van der Waals surface area contributed by atoms with E-state index in [9.17, 15) is 13.2 Å². The molecule has 0 fully saturated rings. The highest BCUT2D eigenvalue weighted by Gasteiger charge is 2.17. The zero-order valence-electron chi connectivity index (χ0n) is 12.1. The Morgan fingerprint density at radius 3 is 2.64 bits per heavy atom. The van der Waals surface area contributed by atoms with Crippen LogP contribution >= 0.6 is 11.6 Å². The largest absolute Gasteiger partial charge is 0.345 e. The van der Waals surface area contributed by atoms with Crippen molar-refractivity contribution >= 4 is 27.3 Å². The summed E-state index contributed by atoms with van der Waals surface area (Å²) in [5.41, 5.74) is 1.09. The Morgan fingerprint density at radius 2 is 2.05 bits per heavy atom. The maximum absolute atomic E-state index is 12.2. The van der Waals surface area contributed by atoms with Crippen LogP contribution in [-0.2, 0) is 9.84 Å². The minimum absolute atomic E-state index is 0.0594. The number of hydrogen-bond donors (Lipinski definition) is 1. The average Bonchev–Trinajstić information content (AvgIpc) is 2.47. The molecular formula is C15H15ClN2O3S. The molecule has 1 N–H and O–H groups in total. The van der Waals surface area contributed by atoms with Crippen molar-refractivity contribution in [2.24, 2.45) is 0 Å². The predicted octanol–water partition coefficient (Wildman–Crippen LogP) is 2.63. The first-order valence-electron chi connectivity index (χ1n) is 6.49. The summed E-state index contributed by atoms with van der Waals surface area (Å²) in [6.07, 6.45) is 4.36. The molecule has 1 amide bonds. The Balaban J connectivity index is 2.24. The number of carbonyl (C=O) groups excluding carboxylic acids is 1. The van der Waals surface area contributed by atoms with Crippen molar-refractivity contribution < 1.29 is 13.2 Å². The number of hydrogen-bond acceptors (Lipinski definition) is 4. The van der Waals surface area contributed by atoms with Gasteiger partial charge in [-0.1, -0.05) is 17.7 Å². The van der Waals surface area contributed by atoms with Crippen LogP contribution < -0.4 is 5.32 Å². The van der Waals surface area contributed by atoms with E-state index in [0.717, 1.165) is 11.8 Å². The summed E-state index contributed by atoms with van der Waals surface area (Å²) in [5.74, 6) is -0.377. The molecule has 1 aromatic heterocycles. The molecule has 0 aliphatic heterocycles. The predicted molar refractivity (Wildman–Crippen MR) is 84.7 cm³/mol. The van der Waals surface area contributed by atoms with Gasteiger partial charge >= 0.3 is 0 Å². The van der Waals surface area contributed by atoms with E-state index in [2.05, 4.69) is 10.3 Å². The van der Waals surface area contributed by atoms with E-state index in [1.54, 1.807) is 18.5 Å². The Kier molecular flexibility index (Phi) is 4.83. The molecule has 1 atom stereocenters. The first kappa shape index (κ1) is 16.5. The zero-order chi connectivity index (χ0) is 16.3. The molecule has 1 unspecified atom stereocenters. The van der Waals surface area contributed by atoms with Gasteiger partial charge in [0.15, 0.2) is 9.84 Å². The fourth-order valence-corrected chi connectivity index (χ4v) is 3.23. The van der Waals surface area contributed by atoms with Gasteiger partial charge < -0.3 is 5.32 Å². The number of nitrogens with one attached hydrogen (secondary N) is 1. The maximum atomic E-state index is 12.2. The van der Waals surface area contributed by atoms with E-state index in [4.69, 9.17) is 11.6 Å². The number of nitrogens with zero attached hydrogens (tertiary/aromatic N) is 1. The Labute approximate surface area is 134 Å². The van der Waals surface area contributed by atoms with E-state index >= 15 is 0 Å². The van der Waals surface area contributed by atoms with Crippen LogP contribution in [0.3, 0.4) is 0 Å². The molecular weight excluding hydrogens is 324 g/mol. The second kappa shape index (κ2) is 6.46. The molecule has 5 nitrogen and oxygen atoms in total. The molecule has 2 aromatic rings. The SMILES string of the molecule is CC(NC(=O)c1ccc(Cl)c(S(C)(=O)=O)c1)c1cccnc1. The molecule has 7 heteroatoms. The molecule has 1 aromatic carbocycles. The standard InChI is InChI=1S/C15H15ClN2O3S/c1-10(12-4-3-7-17-9-12)18-15(19)11-5-6-13(16)14(8-11)22(2,20)21/h3-10H,1-2H3,(H,18,19). The summed E-state index contributed by atoms with van der Waals surface area (Å²) in [6.45, 7) is 1.82. The normalized spacial score (nSPS) is 12.7. The third-order valence-electron chi connectivity index (χ3n) is 3.12. The molecule has 0 bridgehead atoms. The van der Waals surface area contributed by atoms with E-state index in [0.29, 0.717) is 0 Å². The number of amides is 1. The lowest BCUT2D eigenvalue weighted by atomic mass is 10.1. The van der Waals surface area contributed by atoms with Gasteiger partial charge in [-0.3, -0.25) is 9.78 Å².